The van der Waals surface area contributed by atoms with Crippen molar-refractivity contribution in [2.45, 2.75) is 30.8 Å². The van der Waals surface area contributed by atoms with Crippen LogP contribution in [-0.4, -0.2) is 26.3 Å². The van der Waals surface area contributed by atoms with E-state index in [1.54, 1.807) is 12.1 Å². The summed E-state index contributed by atoms with van der Waals surface area (Å²) in [6, 6.07) is 11.0. The summed E-state index contributed by atoms with van der Waals surface area (Å²) < 4.78 is 40.6. The fourth-order valence-electron chi connectivity index (χ4n) is 2.17. The predicted octanol–water partition coefficient (Wildman–Crippen LogP) is 1.02. The Morgan fingerprint density at radius 3 is 2.25 bits per heavy atom. The highest BCUT2D eigenvalue weighted by Gasteiger charge is 2.15. The average Bonchev–Trinajstić information content (AvgIpc) is 2.65. The molecular weight excluding hydrogens is 389 g/mol. The van der Waals surface area contributed by atoms with Crippen LogP contribution in [0.5, 0.6) is 5.75 Å². The van der Waals surface area contributed by atoms with Crippen molar-refractivity contribution >= 4 is 21.8 Å². The SMILES string of the molecule is CC(Oc1ccc(F)cc1)C(=O)NNC(=O)CCc1ccc(S(N)(=O)=O)cc1. The third-order valence-corrected chi connectivity index (χ3v) is 4.64. The second kappa shape index (κ2) is 9.29. The van der Waals surface area contributed by atoms with Crippen LogP contribution in [0.1, 0.15) is 18.9 Å². The van der Waals surface area contributed by atoms with Gasteiger partial charge in [-0.1, -0.05) is 12.1 Å². The van der Waals surface area contributed by atoms with E-state index in [4.69, 9.17) is 9.88 Å². The molecule has 1 atom stereocenters. The van der Waals surface area contributed by atoms with E-state index in [0.29, 0.717) is 12.2 Å². The lowest BCUT2D eigenvalue weighted by atomic mass is 10.1. The minimum Gasteiger partial charge on any atom is -0.481 e. The van der Waals surface area contributed by atoms with E-state index in [2.05, 4.69) is 10.9 Å². The molecule has 8 nitrogen and oxygen atoms in total. The molecule has 2 rings (SSSR count). The van der Waals surface area contributed by atoms with Gasteiger partial charge in [0.05, 0.1) is 4.90 Å². The first kappa shape index (κ1) is 21.3. The molecule has 0 aliphatic heterocycles. The van der Waals surface area contributed by atoms with Gasteiger partial charge in [0.15, 0.2) is 6.10 Å². The van der Waals surface area contributed by atoms with E-state index in [1.807, 2.05) is 0 Å². The Morgan fingerprint density at radius 1 is 1.07 bits per heavy atom. The number of primary sulfonamides is 1. The maximum absolute atomic E-state index is 12.8. The van der Waals surface area contributed by atoms with E-state index < -0.39 is 33.8 Å². The third kappa shape index (κ3) is 6.63. The highest BCUT2D eigenvalue weighted by molar-refractivity contribution is 7.89. The monoisotopic (exact) mass is 409 g/mol. The number of aryl methyl sites for hydroxylation is 1. The molecule has 0 aliphatic rings. The molecule has 0 bridgehead atoms. The molecule has 0 saturated heterocycles. The summed E-state index contributed by atoms with van der Waals surface area (Å²) in [4.78, 5) is 23.8. The largest absolute Gasteiger partial charge is 0.481 e. The van der Waals surface area contributed by atoms with Crippen molar-refractivity contribution in [1.29, 1.82) is 0 Å². The maximum Gasteiger partial charge on any atom is 0.279 e. The molecule has 0 aromatic heterocycles. The number of nitrogens with one attached hydrogen (secondary N) is 2. The molecule has 0 saturated carbocycles. The molecule has 0 fully saturated rings. The molecule has 0 aliphatic carbocycles. The van der Waals surface area contributed by atoms with Crippen LogP contribution in [0.2, 0.25) is 0 Å². The first-order valence-corrected chi connectivity index (χ1v) is 9.82. The number of halogens is 1. The summed E-state index contributed by atoms with van der Waals surface area (Å²) in [6.45, 7) is 1.48. The van der Waals surface area contributed by atoms with Gasteiger partial charge in [0.1, 0.15) is 11.6 Å². The van der Waals surface area contributed by atoms with Gasteiger partial charge in [-0.3, -0.25) is 20.4 Å². The molecule has 2 aromatic rings. The Kier molecular flexibility index (Phi) is 7.07. The van der Waals surface area contributed by atoms with Crippen LogP contribution in [0.4, 0.5) is 4.39 Å². The fraction of sp³-hybridized carbons (Fsp3) is 0.222. The lowest BCUT2D eigenvalue weighted by Gasteiger charge is -2.15. The number of hydrogen-bond donors (Lipinski definition) is 3. The summed E-state index contributed by atoms with van der Waals surface area (Å²) in [7, 11) is -3.76. The summed E-state index contributed by atoms with van der Waals surface area (Å²) in [5, 5.41) is 5.02. The average molecular weight is 409 g/mol. The van der Waals surface area contributed by atoms with Crippen molar-refractivity contribution in [2.24, 2.45) is 5.14 Å². The maximum atomic E-state index is 12.8. The van der Waals surface area contributed by atoms with Gasteiger partial charge in [0.2, 0.25) is 15.9 Å². The summed E-state index contributed by atoms with van der Waals surface area (Å²) >= 11 is 0. The van der Waals surface area contributed by atoms with Gasteiger partial charge in [0, 0.05) is 6.42 Å². The minimum atomic E-state index is -3.76. The smallest absolute Gasteiger partial charge is 0.279 e. The number of carbonyl (C=O) groups excluding carboxylic acids is 2. The zero-order valence-corrected chi connectivity index (χ0v) is 15.8. The number of sulfonamides is 1. The molecule has 0 radical (unpaired) electrons. The van der Waals surface area contributed by atoms with E-state index in [0.717, 1.165) is 5.56 Å². The highest BCUT2D eigenvalue weighted by Crippen LogP contribution is 2.13. The van der Waals surface area contributed by atoms with Gasteiger partial charge >= 0.3 is 0 Å². The Balaban J connectivity index is 1.75. The van der Waals surface area contributed by atoms with Gasteiger partial charge in [-0.05, 0) is 55.3 Å². The molecule has 4 N–H and O–H groups in total. The second-order valence-corrected chi connectivity index (χ2v) is 7.50. The molecule has 10 heteroatoms. The van der Waals surface area contributed by atoms with Crippen LogP contribution in [0.3, 0.4) is 0 Å². The van der Waals surface area contributed by atoms with Crippen LogP contribution in [0.25, 0.3) is 0 Å². The summed E-state index contributed by atoms with van der Waals surface area (Å²) in [5.74, 6) is -1.11. The zero-order chi connectivity index (χ0) is 20.7. The molecule has 2 aromatic carbocycles. The summed E-state index contributed by atoms with van der Waals surface area (Å²) in [6.07, 6.45) is -0.493. The van der Waals surface area contributed by atoms with Gasteiger partial charge in [0.25, 0.3) is 5.91 Å². The Morgan fingerprint density at radius 2 is 1.68 bits per heavy atom. The van der Waals surface area contributed by atoms with Gasteiger partial charge in [-0.2, -0.15) is 0 Å². The first-order valence-electron chi connectivity index (χ1n) is 8.28. The molecule has 0 heterocycles. The van der Waals surface area contributed by atoms with Crippen LogP contribution in [0, 0.1) is 5.82 Å². The first-order chi connectivity index (χ1) is 13.1. The number of benzene rings is 2. The Bertz CT molecular complexity index is 931. The Labute approximate surface area is 161 Å². The van der Waals surface area contributed by atoms with Crippen molar-refractivity contribution in [3.8, 4) is 5.75 Å². The van der Waals surface area contributed by atoms with Crippen LogP contribution in [-0.2, 0) is 26.0 Å². The molecule has 1 unspecified atom stereocenters. The summed E-state index contributed by atoms with van der Waals surface area (Å²) in [5.41, 5.74) is 5.25. The standard InChI is InChI=1S/C18H20FN3O5S/c1-12(27-15-7-5-14(19)6-8-15)18(24)22-21-17(23)11-4-13-2-9-16(10-3-13)28(20,25)26/h2-3,5-10,12H,4,11H2,1H3,(H,21,23)(H,22,24)(H2,20,25,26). The van der Waals surface area contributed by atoms with Crippen LogP contribution >= 0.6 is 0 Å². The lowest BCUT2D eigenvalue weighted by molar-refractivity contribution is -0.132. The number of carbonyl (C=O) groups is 2. The van der Waals surface area contributed by atoms with Crippen molar-refractivity contribution in [3.63, 3.8) is 0 Å². The van der Waals surface area contributed by atoms with Crippen molar-refractivity contribution in [1.82, 2.24) is 10.9 Å². The van der Waals surface area contributed by atoms with Gasteiger partial charge < -0.3 is 4.74 Å². The van der Waals surface area contributed by atoms with Gasteiger partial charge in [-0.25, -0.2) is 17.9 Å². The van der Waals surface area contributed by atoms with E-state index in [1.165, 1.54) is 43.3 Å². The van der Waals surface area contributed by atoms with Crippen molar-refractivity contribution < 1.29 is 27.1 Å². The highest BCUT2D eigenvalue weighted by atomic mass is 32.2. The predicted molar refractivity (Wildman–Crippen MR) is 98.9 cm³/mol. The van der Waals surface area contributed by atoms with Crippen LogP contribution in [0.15, 0.2) is 53.4 Å². The number of hydrazine groups is 1. The quantitative estimate of drug-likeness (QED) is 0.589. The minimum absolute atomic E-state index is 0.0110. The third-order valence-electron chi connectivity index (χ3n) is 3.71. The molecule has 28 heavy (non-hydrogen) atoms. The number of hydrogen-bond acceptors (Lipinski definition) is 5. The number of ether oxygens (including phenoxy) is 1. The van der Waals surface area contributed by atoms with Gasteiger partial charge in [-0.15, -0.1) is 0 Å². The van der Waals surface area contributed by atoms with E-state index in [-0.39, 0.29) is 11.3 Å². The Hall–Kier alpha value is -2.98. The number of nitrogens with two attached hydrogens (primary N) is 1. The second-order valence-electron chi connectivity index (χ2n) is 5.94. The number of rotatable bonds is 7. The van der Waals surface area contributed by atoms with E-state index >= 15 is 0 Å². The van der Waals surface area contributed by atoms with Crippen molar-refractivity contribution in [2.75, 3.05) is 0 Å². The molecule has 0 spiro atoms. The number of amides is 2. The van der Waals surface area contributed by atoms with Crippen LogP contribution < -0.4 is 20.7 Å². The fourth-order valence-corrected chi connectivity index (χ4v) is 2.69. The van der Waals surface area contributed by atoms with E-state index in [9.17, 15) is 22.4 Å². The molecular formula is C18H20FN3O5S. The topological polar surface area (TPSA) is 128 Å². The molecule has 150 valence electrons. The lowest BCUT2D eigenvalue weighted by Crippen LogP contribution is -2.47. The van der Waals surface area contributed by atoms with Crippen molar-refractivity contribution in [3.05, 3.63) is 59.9 Å². The normalized spacial score (nSPS) is 12.1. The molecule has 2 amide bonds. The zero-order valence-electron chi connectivity index (χ0n) is 15.0.